The number of Topliss-reactive ketones (excluding diaryl/α,β-unsaturated/α-hetero) is 1. The van der Waals surface area contributed by atoms with Gasteiger partial charge in [0, 0.05) is 0 Å². The Hall–Kier alpha value is -2.43. The third-order valence-corrected chi connectivity index (χ3v) is 3.71. The number of ether oxygens (including phenoxy) is 1. The van der Waals surface area contributed by atoms with E-state index in [1.54, 1.807) is 0 Å². The van der Waals surface area contributed by atoms with Gasteiger partial charge in [-0.15, -0.1) is 0 Å². The zero-order valence-electron chi connectivity index (χ0n) is 12.6. The van der Waals surface area contributed by atoms with Crippen molar-refractivity contribution in [1.29, 1.82) is 0 Å². The summed E-state index contributed by atoms with van der Waals surface area (Å²) in [6.07, 6.45) is -5.32. The number of nitrogens with one attached hydrogen (secondary N) is 2. The van der Waals surface area contributed by atoms with Gasteiger partial charge in [-0.3, -0.25) is 4.79 Å². The Morgan fingerprint density at radius 2 is 1.84 bits per heavy atom. The molecule has 0 bridgehead atoms. The molecule has 138 valence electrons. The quantitative estimate of drug-likeness (QED) is 0.711. The second-order valence-corrected chi connectivity index (χ2v) is 5.38. The average molecular weight is 368 g/mol. The highest BCUT2D eigenvalue weighted by molar-refractivity contribution is 5.86. The third kappa shape index (κ3) is 3.65. The van der Waals surface area contributed by atoms with E-state index >= 15 is 0 Å². The van der Waals surface area contributed by atoms with Gasteiger partial charge in [0.1, 0.15) is 11.5 Å². The molecule has 0 saturated carbocycles. The molecule has 3 N–H and O–H groups in total. The van der Waals surface area contributed by atoms with Crippen LogP contribution in [0.1, 0.15) is 18.5 Å². The third-order valence-electron chi connectivity index (χ3n) is 3.71. The number of rotatable bonds is 4. The van der Waals surface area contributed by atoms with Gasteiger partial charge in [-0.05, 0) is 24.6 Å². The van der Waals surface area contributed by atoms with Crippen LogP contribution in [0.5, 0.6) is 5.75 Å². The number of alkyl halides is 5. The SMILES string of the molecule is CC(=O)[C@@H]1[C@@H](c2ccc(OC(F)F)cc2)NC(=O)N[C@@]1(O)C(F)(F)F. The molecule has 3 atom stereocenters. The number of hydrogen-bond donors (Lipinski definition) is 3. The van der Waals surface area contributed by atoms with Crippen LogP contribution in [0.25, 0.3) is 0 Å². The summed E-state index contributed by atoms with van der Waals surface area (Å²) in [5, 5.41) is 13.4. The number of aliphatic hydroxyl groups is 1. The first-order chi connectivity index (χ1) is 11.5. The van der Waals surface area contributed by atoms with Crippen molar-refractivity contribution < 1.29 is 41.4 Å². The number of hydrogen-bond acceptors (Lipinski definition) is 4. The van der Waals surface area contributed by atoms with Crippen molar-refractivity contribution in [2.24, 2.45) is 5.92 Å². The second-order valence-electron chi connectivity index (χ2n) is 5.38. The first-order valence-corrected chi connectivity index (χ1v) is 6.88. The summed E-state index contributed by atoms with van der Waals surface area (Å²) in [4.78, 5) is 23.4. The molecule has 0 unspecified atom stereocenters. The zero-order valence-corrected chi connectivity index (χ0v) is 12.6. The Kier molecular flexibility index (Phi) is 4.89. The molecule has 11 heteroatoms. The van der Waals surface area contributed by atoms with Crippen molar-refractivity contribution in [2.45, 2.75) is 31.5 Å². The fourth-order valence-electron chi connectivity index (χ4n) is 2.66. The van der Waals surface area contributed by atoms with E-state index in [-0.39, 0.29) is 11.3 Å². The highest BCUT2D eigenvalue weighted by Crippen LogP contribution is 2.42. The van der Waals surface area contributed by atoms with Crippen LogP contribution in [0.2, 0.25) is 0 Å². The number of carbonyl (C=O) groups is 2. The van der Waals surface area contributed by atoms with Crippen LogP contribution in [0.15, 0.2) is 24.3 Å². The molecule has 2 rings (SSSR count). The van der Waals surface area contributed by atoms with Gasteiger partial charge in [0.05, 0.1) is 12.0 Å². The summed E-state index contributed by atoms with van der Waals surface area (Å²) in [6, 6.07) is 1.44. The fraction of sp³-hybridized carbons (Fsp3) is 0.429. The number of halogens is 5. The zero-order chi connectivity index (χ0) is 19.0. The summed E-state index contributed by atoms with van der Waals surface area (Å²) < 4.78 is 68.2. The van der Waals surface area contributed by atoms with Crippen molar-refractivity contribution >= 4 is 11.8 Å². The lowest BCUT2D eigenvalue weighted by molar-refractivity contribution is -0.290. The molecule has 1 aromatic rings. The van der Waals surface area contributed by atoms with Crippen molar-refractivity contribution in [3.05, 3.63) is 29.8 Å². The van der Waals surface area contributed by atoms with Crippen LogP contribution in [-0.4, -0.2) is 35.4 Å². The summed E-state index contributed by atoms with van der Waals surface area (Å²) >= 11 is 0. The van der Waals surface area contributed by atoms with Gasteiger partial charge < -0.3 is 20.5 Å². The predicted octanol–water partition coefficient (Wildman–Crippen LogP) is 2.10. The molecule has 25 heavy (non-hydrogen) atoms. The first kappa shape index (κ1) is 18.9. The molecule has 0 aliphatic carbocycles. The van der Waals surface area contributed by atoms with Gasteiger partial charge in [-0.2, -0.15) is 22.0 Å². The molecule has 1 aromatic carbocycles. The van der Waals surface area contributed by atoms with Crippen LogP contribution in [0.4, 0.5) is 26.7 Å². The maximum Gasteiger partial charge on any atom is 0.437 e. The largest absolute Gasteiger partial charge is 0.437 e. The summed E-state index contributed by atoms with van der Waals surface area (Å²) in [5.74, 6) is -3.39. The fourth-order valence-corrected chi connectivity index (χ4v) is 2.66. The molecule has 1 aliphatic rings. The minimum atomic E-state index is -5.32. The Labute approximate surface area is 138 Å². The van der Waals surface area contributed by atoms with Gasteiger partial charge in [-0.1, -0.05) is 12.1 Å². The van der Waals surface area contributed by atoms with E-state index < -0.39 is 42.3 Å². The van der Waals surface area contributed by atoms with Crippen molar-refractivity contribution in [1.82, 2.24) is 10.6 Å². The Morgan fingerprint density at radius 3 is 2.28 bits per heavy atom. The minimum Gasteiger partial charge on any atom is -0.435 e. The summed E-state index contributed by atoms with van der Waals surface area (Å²) in [7, 11) is 0. The molecule has 0 radical (unpaired) electrons. The maximum atomic E-state index is 13.3. The van der Waals surface area contributed by atoms with Gasteiger partial charge in [0.2, 0.25) is 5.72 Å². The van der Waals surface area contributed by atoms with E-state index in [4.69, 9.17) is 0 Å². The monoisotopic (exact) mass is 368 g/mol. The smallest absolute Gasteiger partial charge is 0.435 e. The van der Waals surface area contributed by atoms with Gasteiger partial charge in [0.25, 0.3) is 0 Å². The molecule has 0 spiro atoms. The lowest BCUT2D eigenvalue weighted by Crippen LogP contribution is -2.72. The molecule has 2 amide bonds. The van der Waals surface area contributed by atoms with Crippen LogP contribution in [0.3, 0.4) is 0 Å². The first-order valence-electron chi connectivity index (χ1n) is 6.88. The maximum absolute atomic E-state index is 13.3. The molecule has 1 heterocycles. The molecule has 6 nitrogen and oxygen atoms in total. The molecular formula is C14H13F5N2O4. The lowest BCUT2D eigenvalue weighted by Gasteiger charge is -2.44. The number of ketones is 1. The number of urea groups is 1. The van der Waals surface area contributed by atoms with Crippen LogP contribution in [-0.2, 0) is 4.79 Å². The Balaban J connectivity index is 2.43. The van der Waals surface area contributed by atoms with Crippen LogP contribution < -0.4 is 15.4 Å². The lowest BCUT2D eigenvalue weighted by atomic mass is 9.79. The number of benzene rings is 1. The van der Waals surface area contributed by atoms with E-state index in [2.05, 4.69) is 10.1 Å². The molecule has 1 aliphatic heterocycles. The van der Waals surface area contributed by atoms with Crippen LogP contribution >= 0.6 is 0 Å². The molecule has 1 saturated heterocycles. The Morgan fingerprint density at radius 1 is 1.28 bits per heavy atom. The topological polar surface area (TPSA) is 87.7 Å². The molecule has 1 fully saturated rings. The normalized spacial score (nSPS) is 26.8. The van der Waals surface area contributed by atoms with E-state index in [0.717, 1.165) is 31.2 Å². The van der Waals surface area contributed by atoms with E-state index in [1.807, 2.05) is 0 Å². The van der Waals surface area contributed by atoms with E-state index in [0.29, 0.717) is 0 Å². The van der Waals surface area contributed by atoms with Gasteiger partial charge >= 0.3 is 18.8 Å². The summed E-state index contributed by atoms with van der Waals surface area (Å²) in [6.45, 7) is -2.26. The van der Waals surface area contributed by atoms with E-state index in [9.17, 15) is 36.6 Å². The average Bonchev–Trinajstić information content (AvgIpc) is 2.44. The highest BCUT2D eigenvalue weighted by Gasteiger charge is 2.65. The Bertz CT molecular complexity index is 664. The molecule has 0 aromatic heterocycles. The number of carbonyl (C=O) groups excluding carboxylic acids is 2. The highest BCUT2D eigenvalue weighted by atomic mass is 19.4. The standard InChI is InChI=1S/C14H13F5N2O4/c1-6(22)9-10(7-2-4-8(5-3-7)25-11(15)16)20-12(23)21-13(9,24)14(17,18)19/h2-5,9-11,24H,1H3,(H2,20,21,23)/t9-,10-,13+/m1/s1. The molecular weight excluding hydrogens is 355 g/mol. The predicted molar refractivity (Wildman–Crippen MR) is 72.7 cm³/mol. The van der Waals surface area contributed by atoms with E-state index in [1.165, 1.54) is 5.32 Å². The van der Waals surface area contributed by atoms with Gasteiger partial charge in [0.15, 0.2) is 0 Å². The van der Waals surface area contributed by atoms with Crippen molar-refractivity contribution in [2.75, 3.05) is 0 Å². The minimum absolute atomic E-state index is 0.000610. The number of amides is 2. The van der Waals surface area contributed by atoms with Crippen molar-refractivity contribution in [3.63, 3.8) is 0 Å². The van der Waals surface area contributed by atoms with Crippen LogP contribution in [0, 0.1) is 5.92 Å². The van der Waals surface area contributed by atoms with Gasteiger partial charge in [-0.25, -0.2) is 4.79 Å². The summed E-state index contributed by atoms with van der Waals surface area (Å²) in [5.41, 5.74) is -3.77. The second kappa shape index (κ2) is 6.47. The van der Waals surface area contributed by atoms with Crippen molar-refractivity contribution in [3.8, 4) is 5.75 Å².